The van der Waals surface area contributed by atoms with Crippen molar-refractivity contribution in [2.75, 3.05) is 0 Å². The van der Waals surface area contributed by atoms with Gasteiger partial charge in [0.2, 0.25) is 0 Å². The van der Waals surface area contributed by atoms with Crippen LogP contribution < -0.4 is 10.2 Å². The monoisotopic (exact) mass is 130 g/mol. The molecule has 0 saturated carbocycles. The number of rotatable bonds is 2. The summed E-state index contributed by atoms with van der Waals surface area (Å²) in [7, 11) is 0. The third-order valence-corrected chi connectivity index (χ3v) is 0.493. The molecule has 9 heavy (non-hydrogen) atoms. The lowest BCUT2D eigenvalue weighted by Gasteiger charge is -1.96. The van der Waals surface area contributed by atoms with Crippen LogP contribution in [0.25, 0.3) is 0 Å². The molecule has 0 N–H and O–H groups in total. The lowest BCUT2D eigenvalue weighted by molar-refractivity contribution is -0.415. The van der Waals surface area contributed by atoms with E-state index in [4.69, 9.17) is 15.0 Å². The summed E-state index contributed by atoms with van der Waals surface area (Å²) in [5, 5.41) is 16.7. The highest BCUT2D eigenvalue weighted by Gasteiger charge is 1.61. The molecule has 0 rings (SSSR count). The minimum Gasteiger partial charge on any atom is -0.652 e. The fourth-order valence-corrected chi connectivity index (χ4v) is 0.204. The largest absolute Gasteiger partial charge is 0.652 e. The van der Waals surface area contributed by atoms with Crippen LogP contribution in [0.2, 0.25) is 0 Å². The Bertz CT molecular complexity index is 74.4. The van der Waals surface area contributed by atoms with E-state index in [0.29, 0.717) is 0 Å². The molecule has 3 heteroatoms. The van der Waals surface area contributed by atoms with E-state index in [2.05, 4.69) is 13.5 Å². The van der Waals surface area contributed by atoms with E-state index < -0.39 is 6.16 Å². The molecular weight excluding hydrogens is 120 g/mol. The molecule has 0 aliphatic rings. The zero-order valence-electron chi connectivity index (χ0n) is 5.42. The van der Waals surface area contributed by atoms with Crippen LogP contribution in [0.3, 0.4) is 0 Å². The number of hydrogen-bond donors (Lipinski definition) is 0. The molecule has 0 aliphatic heterocycles. The smallest absolute Gasteiger partial charge is 0.0356 e. The Labute approximate surface area is 54.6 Å². The highest BCUT2D eigenvalue weighted by molar-refractivity contribution is 5.47. The maximum Gasteiger partial charge on any atom is -0.0356 e. The first-order valence-electron chi connectivity index (χ1n) is 2.64. The summed E-state index contributed by atoms with van der Waals surface area (Å²) in [5.41, 5.74) is 0. The van der Waals surface area contributed by atoms with Crippen LogP contribution in [0, 0.1) is 0 Å². The van der Waals surface area contributed by atoms with Gasteiger partial charge in [0.15, 0.2) is 0 Å². The number of unbranched alkanes of at least 4 members (excludes halogenated alkanes) is 1. The average molecular weight is 130 g/mol. The second-order valence-electron chi connectivity index (χ2n) is 1.33. The topological polar surface area (TPSA) is 63.2 Å². The van der Waals surface area contributed by atoms with Crippen LogP contribution in [0.15, 0.2) is 12.7 Å². The Morgan fingerprint density at radius 2 is 2.00 bits per heavy atom. The van der Waals surface area contributed by atoms with Crippen LogP contribution >= 0.6 is 0 Å². The van der Waals surface area contributed by atoms with Crippen molar-refractivity contribution < 1.29 is 15.0 Å². The van der Waals surface area contributed by atoms with Crippen LogP contribution in [-0.4, -0.2) is 6.16 Å². The molecule has 54 valence electrons. The van der Waals surface area contributed by atoms with Gasteiger partial charge in [-0.05, 0) is 12.6 Å². The third kappa shape index (κ3) is 172. The van der Waals surface area contributed by atoms with E-state index >= 15 is 0 Å². The molecule has 0 fully saturated rings. The predicted molar refractivity (Wildman–Crippen MR) is 30.5 cm³/mol. The fourth-order valence-electron chi connectivity index (χ4n) is 0.204. The maximum atomic E-state index is 8.33. The number of allylic oxidation sites excluding steroid dienone is 1. The summed E-state index contributed by atoms with van der Waals surface area (Å²) in [5.74, 6) is 0. The first-order chi connectivity index (χ1) is 4.15. The first-order valence-corrected chi connectivity index (χ1v) is 2.64. The second-order valence-corrected chi connectivity index (χ2v) is 1.33. The van der Waals surface area contributed by atoms with Gasteiger partial charge < -0.3 is 15.0 Å². The average Bonchev–Trinajstić information content (AvgIpc) is 1.66. The second kappa shape index (κ2) is 10.1. The molecule has 0 atom stereocenters. The minimum absolute atomic E-state index is 1.15. The van der Waals surface area contributed by atoms with Gasteiger partial charge in [-0.15, -0.1) is 6.58 Å². The molecule has 0 amide bonds. The van der Waals surface area contributed by atoms with Gasteiger partial charge in [-0.2, -0.15) is 0 Å². The van der Waals surface area contributed by atoms with Crippen molar-refractivity contribution in [3.05, 3.63) is 12.7 Å². The van der Waals surface area contributed by atoms with Crippen molar-refractivity contribution in [3.8, 4) is 0 Å². The van der Waals surface area contributed by atoms with Crippen molar-refractivity contribution in [3.63, 3.8) is 0 Å². The molecule has 0 aromatic rings. The van der Waals surface area contributed by atoms with Gasteiger partial charge in [-0.1, -0.05) is 19.4 Å². The van der Waals surface area contributed by atoms with Crippen molar-refractivity contribution in [2.45, 2.75) is 19.8 Å². The van der Waals surface area contributed by atoms with Crippen LogP contribution in [0.4, 0.5) is 4.79 Å². The molecule has 0 aliphatic carbocycles. The van der Waals surface area contributed by atoms with E-state index in [9.17, 15) is 0 Å². The molecule has 0 aromatic heterocycles. The summed E-state index contributed by atoms with van der Waals surface area (Å²) in [6.07, 6.45) is 1.98. The highest BCUT2D eigenvalue weighted by Crippen LogP contribution is 1.82. The van der Waals surface area contributed by atoms with Crippen molar-refractivity contribution >= 4 is 6.16 Å². The van der Waals surface area contributed by atoms with E-state index in [0.717, 1.165) is 6.42 Å². The van der Waals surface area contributed by atoms with Gasteiger partial charge in [-0.25, -0.2) is 0 Å². The Balaban J connectivity index is 0. The summed E-state index contributed by atoms with van der Waals surface area (Å²) in [4.78, 5) is 8.33. The number of hydrogen-bond acceptors (Lipinski definition) is 3. The Morgan fingerprint density at radius 1 is 1.67 bits per heavy atom. The molecule has 3 nitrogen and oxygen atoms in total. The quantitative estimate of drug-likeness (QED) is 0.474. The molecule has 0 heterocycles. The molecule has 0 radical (unpaired) electrons. The fraction of sp³-hybridized carbons (Fsp3) is 0.500. The van der Waals surface area contributed by atoms with Gasteiger partial charge in [0.05, 0.1) is 0 Å². The predicted octanol–water partition coefficient (Wildman–Crippen LogP) is -0.475. The van der Waals surface area contributed by atoms with Crippen molar-refractivity contribution in [1.82, 2.24) is 0 Å². The molecular formula is C6H10O3-2. The highest BCUT2D eigenvalue weighted by atomic mass is 16.6. The Hall–Kier alpha value is -0.990. The van der Waals surface area contributed by atoms with Crippen molar-refractivity contribution in [1.29, 1.82) is 0 Å². The number of carbonyl (C=O) groups is 1. The van der Waals surface area contributed by atoms with Gasteiger partial charge in [0.1, 0.15) is 0 Å². The van der Waals surface area contributed by atoms with Crippen LogP contribution in [-0.2, 0) is 0 Å². The zero-order chi connectivity index (χ0) is 7.70. The number of carbonyl (C=O) groups excluding carboxylic acids is 1. The van der Waals surface area contributed by atoms with Gasteiger partial charge in [0, 0.05) is 0 Å². The molecule has 0 unspecified atom stereocenters. The zero-order valence-corrected chi connectivity index (χ0v) is 5.42. The van der Waals surface area contributed by atoms with E-state index in [1.54, 1.807) is 0 Å². The normalized spacial score (nSPS) is 6.78. The summed E-state index contributed by atoms with van der Waals surface area (Å²) in [6.45, 7) is 5.69. The first kappa shape index (κ1) is 10.9. The van der Waals surface area contributed by atoms with Gasteiger partial charge in [-0.3, -0.25) is 0 Å². The summed E-state index contributed by atoms with van der Waals surface area (Å²) >= 11 is 0. The lowest BCUT2D eigenvalue weighted by atomic mass is 10.3. The van der Waals surface area contributed by atoms with Crippen LogP contribution in [0.1, 0.15) is 19.8 Å². The van der Waals surface area contributed by atoms with Gasteiger partial charge >= 0.3 is 0 Å². The Morgan fingerprint density at radius 3 is 2.00 bits per heavy atom. The molecule has 0 saturated heterocycles. The summed E-state index contributed by atoms with van der Waals surface area (Å²) in [6, 6.07) is 0. The van der Waals surface area contributed by atoms with E-state index in [1.165, 1.54) is 6.42 Å². The minimum atomic E-state index is -2.33. The molecule has 0 bridgehead atoms. The maximum absolute atomic E-state index is 8.33. The van der Waals surface area contributed by atoms with E-state index in [1.807, 2.05) is 6.08 Å². The summed E-state index contributed by atoms with van der Waals surface area (Å²) < 4.78 is 0. The molecule has 0 aromatic carbocycles. The standard InChI is InChI=1S/C5H10.CH2O3/c1-3-5-4-2;2-1(3)4/h3H,1,4-5H2,2H3;(H2,2,3,4)/p-2. The lowest BCUT2D eigenvalue weighted by Crippen LogP contribution is -2.37. The van der Waals surface area contributed by atoms with E-state index in [-0.39, 0.29) is 0 Å². The molecule has 0 spiro atoms. The van der Waals surface area contributed by atoms with Crippen molar-refractivity contribution in [2.24, 2.45) is 0 Å². The van der Waals surface area contributed by atoms with Crippen LogP contribution in [0.5, 0.6) is 0 Å². The SMILES string of the molecule is C=CCCC.O=C([O-])[O-]. The number of carboxylic acid groups (broad SMARTS) is 2. The Kier molecular flexibility index (Phi) is 12.2. The van der Waals surface area contributed by atoms with Gasteiger partial charge in [0.25, 0.3) is 0 Å². The third-order valence-electron chi connectivity index (χ3n) is 0.493.